The van der Waals surface area contributed by atoms with Gasteiger partial charge in [0.05, 0.1) is 0 Å². The maximum atomic E-state index is 13.0. The summed E-state index contributed by atoms with van der Waals surface area (Å²) in [5.74, 6) is 1.47. The van der Waals surface area contributed by atoms with E-state index in [2.05, 4.69) is 5.43 Å². The highest BCUT2D eigenvalue weighted by Gasteiger charge is 2.15. The lowest BCUT2D eigenvalue weighted by Gasteiger charge is -2.16. The Morgan fingerprint density at radius 3 is 2.25 bits per heavy atom. The predicted molar refractivity (Wildman–Crippen MR) is 55.9 cm³/mol. The van der Waals surface area contributed by atoms with Crippen molar-refractivity contribution in [1.82, 2.24) is 5.43 Å². The van der Waals surface area contributed by atoms with Crippen molar-refractivity contribution in [3.63, 3.8) is 0 Å². The number of benzene rings is 1. The summed E-state index contributed by atoms with van der Waals surface area (Å²) in [4.78, 5) is 0. The minimum Gasteiger partial charge on any atom is -0.271 e. The van der Waals surface area contributed by atoms with Crippen LogP contribution in [0.2, 0.25) is 0 Å². The van der Waals surface area contributed by atoms with E-state index in [1.807, 2.05) is 6.92 Å². The molecule has 0 aliphatic carbocycles. The molecule has 0 saturated carbocycles. The highest BCUT2D eigenvalue weighted by atomic mass is 19.2. The van der Waals surface area contributed by atoms with Crippen molar-refractivity contribution in [2.24, 2.45) is 5.84 Å². The highest BCUT2D eigenvalue weighted by Crippen LogP contribution is 2.22. The first kappa shape index (κ1) is 13.0. The number of unbranched alkanes of at least 4 members (excludes halogenated alkanes) is 1. The van der Waals surface area contributed by atoms with Crippen molar-refractivity contribution in [1.29, 1.82) is 0 Å². The van der Waals surface area contributed by atoms with Gasteiger partial charge < -0.3 is 0 Å². The monoisotopic (exact) mass is 232 g/mol. The topological polar surface area (TPSA) is 38.0 Å². The molecule has 0 aromatic heterocycles. The summed E-state index contributed by atoms with van der Waals surface area (Å²) in [5.41, 5.74) is 2.80. The number of hydrogen-bond donors (Lipinski definition) is 2. The molecular weight excluding hydrogens is 217 g/mol. The van der Waals surface area contributed by atoms with E-state index in [0.29, 0.717) is 12.0 Å². The van der Waals surface area contributed by atoms with Gasteiger partial charge in [-0.15, -0.1) is 0 Å². The summed E-state index contributed by atoms with van der Waals surface area (Å²) in [6.45, 7) is 2.00. The predicted octanol–water partition coefficient (Wildman–Crippen LogP) is 2.80. The Morgan fingerprint density at radius 2 is 1.81 bits per heavy atom. The van der Waals surface area contributed by atoms with E-state index in [-0.39, 0.29) is 6.04 Å². The fraction of sp³-hybridized carbons (Fsp3) is 0.455. The summed E-state index contributed by atoms with van der Waals surface area (Å²) in [5, 5.41) is 0. The normalized spacial score (nSPS) is 12.8. The first-order chi connectivity index (χ1) is 7.60. The van der Waals surface area contributed by atoms with Crippen molar-refractivity contribution in [3.05, 3.63) is 35.1 Å². The van der Waals surface area contributed by atoms with Gasteiger partial charge in [-0.2, -0.15) is 0 Å². The van der Waals surface area contributed by atoms with Crippen LogP contribution in [0, 0.1) is 17.5 Å². The molecule has 0 heterocycles. The van der Waals surface area contributed by atoms with E-state index >= 15 is 0 Å². The van der Waals surface area contributed by atoms with Gasteiger partial charge in [0, 0.05) is 6.04 Å². The molecule has 0 bridgehead atoms. The second-order valence-corrected chi connectivity index (χ2v) is 3.66. The molecule has 0 aliphatic rings. The molecule has 0 amide bonds. The van der Waals surface area contributed by atoms with Crippen LogP contribution in [0.15, 0.2) is 12.1 Å². The van der Waals surface area contributed by atoms with Gasteiger partial charge in [-0.25, -0.2) is 13.2 Å². The molecule has 0 aliphatic heterocycles. The van der Waals surface area contributed by atoms with Crippen LogP contribution >= 0.6 is 0 Å². The molecule has 0 fully saturated rings. The SMILES string of the molecule is CCCCC(NN)c1cc(F)c(F)c(F)c1. The van der Waals surface area contributed by atoms with Crippen molar-refractivity contribution in [2.45, 2.75) is 32.2 Å². The van der Waals surface area contributed by atoms with Crippen LogP contribution in [0.3, 0.4) is 0 Å². The zero-order valence-corrected chi connectivity index (χ0v) is 9.06. The molecule has 1 unspecified atom stereocenters. The van der Waals surface area contributed by atoms with Crippen molar-refractivity contribution in [2.75, 3.05) is 0 Å². The maximum absolute atomic E-state index is 13.0. The fourth-order valence-electron chi connectivity index (χ4n) is 1.53. The molecule has 2 nitrogen and oxygen atoms in total. The average Bonchev–Trinajstić information content (AvgIpc) is 2.26. The summed E-state index contributed by atoms with van der Waals surface area (Å²) in [6.07, 6.45) is 2.47. The van der Waals surface area contributed by atoms with Gasteiger partial charge in [-0.3, -0.25) is 11.3 Å². The molecule has 3 N–H and O–H groups in total. The molecule has 0 radical (unpaired) electrons. The van der Waals surface area contributed by atoms with Gasteiger partial charge in [0.15, 0.2) is 17.5 Å². The highest BCUT2D eigenvalue weighted by molar-refractivity contribution is 5.22. The Labute approximate surface area is 92.6 Å². The minimum atomic E-state index is -1.45. The van der Waals surface area contributed by atoms with Gasteiger partial charge in [0.1, 0.15) is 0 Å². The van der Waals surface area contributed by atoms with E-state index in [1.165, 1.54) is 0 Å². The average molecular weight is 232 g/mol. The number of rotatable bonds is 5. The Balaban J connectivity index is 2.92. The van der Waals surface area contributed by atoms with Crippen molar-refractivity contribution < 1.29 is 13.2 Å². The lowest BCUT2D eigenvalue weighted by Crippen LogP contribution is -2.28. The Morgan fingerprint density at radius 1 is 1.25 bits per heavy atom. The lowest BCUT2D eigenvalue weighted by atomic mass is 10.0. The largest absolute Gasteiger partial charge is 0.271 e. The van der Waals surface area contributed by atoms with Gasteiger partial charge in [0.2, 0.25) is 0 Å². The molecule has 0 spiro atoms. The number of hydrogen-bond acceptors (Lipinski definition) is 2. The molecule has 1 atom stereocenters. The van der Waals surface area contributed by atoms with E-state index in [9.17, 15) is 13.2 Å². The zero-order valence-electron chi connectivity index (χ0n) is 9.06. The van der Waals surface area contributed by atoms with Crippen LogP contribution in [-0.4, -0.2) is 0 Å². The first-order valence-corrected chi connectivity index (χ1v) is 5.20. The smallest absolute Gasteiger partial charge is 0.194 e. The molecule has 5 heteroatoms. The zero-order chi connectivity index (χ0) is 12.1. The summed E-state index contributed by atoms with van der Waals surface area (Å²) < 4.78 is 38.7. The maximum Gasteiger partial charge on any atom is 0.194 e. The van der Waals surface area contributed by atoms with Crippen LogP contribution < -0.4 is 11.3 Å². The van der Waals surface area contributed by atoms with Crippen LogP contribution in [0.25, 0.3) is 0 Å². The number of halogens is 3. The van der Waals surface area contributed by atoms with Crippen LogP contribution in [-0.2, 0) is 0 Å². The third-order valence-electron chi connectivity index (χ3n) is 2.46. The van der Waals surface area contributed by atoms with Gasteiger partial charge >= 0.3 is 0 Å². The van der Waals surface area contributed by atoms with Crippen molar-refractivity contribution in [3.8, 4) is 0 Å². The third-order valence-corrected chi connectivity index (χ3v) is 2.46. The summed E-state index contributed by atoms with van der Waals surface area (Å²) in [6, 6.07) is 1.58. The van der Waals surface area contributed by atoms with Crippen molar-refractivity contribution >= 4 is 0 Å². The van der Waals surface area contributed by atoms with Crippen LogP contribution in [0.4, 0.5) is 13.2 Å². The quantitative estimate of drug-likeness (QED) is 0.465. The number of nitrogens with one attached hydrogen (secondary N) is 1. The Kier molecular flexibility index (Phi) is 4.76. The number of hydrazine groups is 1. The molecule has 1 rings (SSSR count). The number of nitrogens with two attached hydrogens (primary N) is 1. The minimum absolute atomic E-state index is 0.326. The molecule has 90 valence electrons. The molecule has 1 aromatic carbocycles. The van der Waals surface area contributed by atoms with Crippen LogP contribution in [0.5, 0.6) is 0 Å². The van der Waals surface area contributed by atoms with Gasteiger partial charge in [0.25, 0.3) is 0 Å². The third kappa shape index (κ3) is 2.96. The molecule has 1 aromatic rings. The summed E-state index contributed by atoms with van der Waals surface area (Å²) in [7, 11) is 0. The van der Waals surface area contributed by atoms with Crippen LogP contribution in [0.1, 0.15) is 37.8 Å². The molecule has 16 heavy (non-hydrogen) atoms. The van der Waals surface area contributed by atoms with E-state index in [4.69, 9.17) is 5.84 Å². The Hall–Kier alpha value is -1.07. The molecular formula is C11H15F3N2. The second kappa shape index (κ2) is 5.86. The lowest BCUT2D eigenvalue weighted by molar-refractivity contribution is 0.434. The van der Waals surface area contributed by atoms with Gasteiger partial charge in [-0.05, 0) is 24.1 Å². The first-order valence-electron chi connectivity index (χ1n) is 5.20. The van der Waals surface area contributed by atoms with E-state index in [1.54, 1.807) is 0 Å². The summed E-state index contributed by atoms with van der Waals surface area (Å²) >= 11 is 0. The Bertz CT molecular complexity index is 332. The van der Waals surface area contributed by atoms with E-state index in [0.717, 1.165) is 25.0 Å². The van der Waals surface area contributed by atoms with Gasteiger partial charge in [-0.1, -0.05) is 19.8 Å². The van der Waals surface area contributed by atoms with E-state index < -0.39 is 17.5 Å². The molecule has 0 saturated heterocycles. The fourth-order valence-corrected chi connectivity index (χ4v) is 1.53. The standard InChI is InChI=1S/C11H15F3N2/c1-2-3-4-10(16-15)7-5-8(12)11(14)9(13)6-7/h5-6,10,16H,2-4,15H2,1H3. The second-order valence-electron chi connectivity index (χ2n) is 3.66.